The van der Waals surface area contributed by atoms with E-state index in [0.29, 0.717) is 28.9 Å². The fourth-order valence-electron chi connectivity index (χ4n) is 2.19. The topological polar surface area (TPSA) is 60.7 Å². The SMILES string of the molecule is CCOCCn1c(=NS(=O)(=O)c2ccc(Cl)s2)sc2ccccc21. The number of sulfonamides is 1. The van der Waals surface area contributed by atoms with Crippen LogP contribution in [0, 0.1) is 0 Å². The highest BCUT2D eigenvalue weighted by atomic mass is 35.5. The minimum absolute atomic E-state index is 0.140. The number of hydrogen-bond acceptors (Lipinski definition) is 5. The molecule has 0 atom stereocenters. The molecule has 0 aliphatic heterocycles. The van der Waals surface area contributed by atoms with Crippen molar-refractivity contribution < 1.29 is 13.2 Å². The summed E-state index contributed by atoms with van der Waals surface area (Å²) < 4.78 is 37.9. The van der Waals surface area contributed by atoms with Crippen LogP contribution in [0.2, 0.25) is 4.34 Å². The van der Waals surface area contributed by atoms with Crippen molar-refractivity contribution in [2.75, 3.05) is 13.2 Å². The number of hydrogen-bond donors (Lipinski definition) is 0. The quantitative estimate of drug-likeness (QED) is 0.590. The predicted octanol–water partition coefficient (Wildman–Crippen LogP) is 3.74. The van der Waals surface area contributed by atoms with Gasteiger partial charge in [-0.1, -0.05) is 35.1 Å². The molecule has 0 saturated carbocycles. The van der Waals surface area contributed by atoms with Gasteiger partial charge in [-0.15, -0.1) is 15.7 Å². The van der Waals surface area contributed by atoms with E-state index in [-0.39, 0.29) is 4.21 Å². The molecule has 0 bridgehead atoms. The lowest BCUT2D eigenvalue weighted by atomic mass is 10.3. The number of para-hydroxylation sites is 1. The Morgan fingerprint density at radius 1 is 1.21 bits per heavy atom. The molecule has 0 fully saturated rings. The smallest absolute Gasteiger partial charge is 0.294 e. The third-order valence-electron chi connectivity index (χ3n) is 3.25. The van der Waals surface area contributed by atoms with E-state index >= 15 is 0 Å². The van der Waals surface area contributed by atoms with E-state index in [1.54, 1.807) is 6.07 Å². The summed E-state index contributed by atoms with van der Waals surface area (Å²) in [4.78, 5) is 0.431. The van der Waals surface area contributed by atoms with Crippen molar-refractivity contribution in [3.63, 3.8) is 0 Å². The number of nitrogens with zero attached hydrogens (tertiary/aromatic N) is 2. The van der Waals surface area contributed by atoms with Crippen LogP contribution in [0.4, 0.5) is 0 Å². The normalized spacial score (nSPS) is 13.0. The van der Waals surface area contributed by atoms with Gasteiger partial charge in [0, 0.05) is 13.2 Å². The number of thiophene rings is 1. The van der Waals surface area contributed by atoms with Crippen molar-refractivity contribution in [1.82, 2.24) is 4.57 Å². The second kappa shape index (κ2) is 7.37. The lowest BCUT2D eigenvalue weighted by molar-refractivity contribution is 0.139. The Balaban J connectivity index is 2.12. The molecule has 2 aromatic heterocycles. The Bertz CT molecular complexity index is 1020. The van der Waals surface area contributed by atoms with Crippen LogP contribution in [-0.2, 0) is 21.3 Å². The molecule has 24 heavy (non-hydrogen) atoms. The fourth-order valence-corrected chi connectivity index (χ4v) is 5.91. The van der Waals surface area contributed by atoms with Crippen molar-refractivity contribution >= 4 is 54.5 Å². The summed E-state index contributed by atoms with van der Waals surface area (Å²) in [5.74, 6) is 0. The summed E-state index contributed by atoms with van der Waals surface area (Å²) in [6, 6.07) is 10.8. The van der Waals surface area contributed by atoms with E-state index in [2.05, 4.69) is 4.40 Å². The van der Waals surface area contributed by atoms with Gasteiger partial charge in [0.2, 0.25) is 4.80 Å². The number of halogens is 1. The van der Waals surface area contributed by atoms with Crippen LogP contribution >= 0.6 is 34.3 Å². The molecule has 0 unspecified atom stereocenters. The second-order valence-electron chi connectivity index (χ2n) is 4.83. The number of fused-ring (bicyclic) bond motifs is 1. The predicted molar refractivity (Wildman–Crippen MR) is 98.4 cm³/mol. The monoisotopic (exact) mass is 402 g/mol. The molecule has 0 aliphatic carbocycles. The zero-order valence-electron chi connectivity index (χ0n) is 12.8. The van der Waals surface area contributed by atoms with Gasteiger partial charge in [0.15, 0.2) is 0 Å². The van der Waals surface area contributed by atoms with Gasteiger partial charge in [-0.25, -0.2) is 0 Å². The van der Waals surface area contributed by atoms with Crippen molar-refractivity contribution in [3.8, 4) is 0 Å². The molecule has 2 heterocycles. The maximum atomic E-state index is 12.5. The zero-order chi connectivity index (χ0) is 17.2. The second-order valence-corrected chi connectivity index (χ2v) is 9.38. The molecule has 9 heteroatoms. The van der Waals surface area contributed by atoms with E-state index in [9.17, 15) is 8.42 Å². The van der Waals surface area contributed by atoms with Crippen LogP contribution in [0.25, 0.3) is 10.2 Å². The number of benzene rings is 1. The van der Waals surface area contributed by atoms with Crippen LogP contribution in [-0.4, -0.2) is 26.2 Å². The maximum Gasteiger partial charge on any atom is 0.294 e. The van der Waals surface area contributed by atoms with E-state index in [1.165, 1.54) is 17.4 Å². The van der Waals surface area contributed by atoms with Gasteiger partial charge in [-0.05, 0) is 31.2 Å². The van der Waals surface area contributed by atoms with E-state index in [4.69, 9.17) is 16.3 Å². The molecule has 5 nitrogen and oxygen atoms in total. The summed E-state index contributed by atoms with van der Waals surface area (Å²) in [5.41, 5.74) is 0.945. The maximum absolute atomic E-state index is 12.5. The molecule has 3 rings (SSSR count). The lowest BCUT2D eigenvalue weighted by Crippen LogP contribution is -2.19. The van der Waals surface area contributed by atoms with Gasteiger partial charge in [-0.2, -0.15) is 8.42 Å². The van der Waals surface area contributed by atoms with Gasteiger partial charge in [0.25, 0.3) is 10.0 Å². The number of thiazole rings is 1. The first-order valence-corrected chi connectivity index (χ1v) is 10.7. The Kier molecular flexibility index (Phi) is 5.41. The molecule has 0 aliphatic rings. The molecule has 0 N–H and O–H groups in total. The summed E-state index contributed by atoms with van der Waals surface area (Å²) in [6.45, 7) is 3.57. The first kappa shape index (κ1) is 17.6. The lowest BCUT2D eigenvalue weighted by Gasteiger charge is -2.05. The third-order valence-corrected chi connectivity index (χ3v) is 7.39. The Morgan fingerprint density at radius 3 is 2.71 bits per heavy atom. The number of rotatable bonds is 6. The molecule has 0 spiro atoms. The summed E-state index contributed by atoms with van der Waals surface area (Å²) in [7, 11) is -3.79. The van der Waals surface area contributed by atoms with Gasteiger partial charge in [-0.3, -0.25) is 0 Å². The van der Waals surface area contributed by atoms with Gasteiger partial charge in [0.05, 0.1) is 21.2 Å². The van der Waals surface area contributed by atoms with Gasteiger partial charge in [0.1, 0.15) is 4.21 Å². The minimum atomic E-state index is -3.79. The molecular weight excluding hydrogens is 388 g/mol. The van der Waals surface area contributed by atoms with Crippen LogP contribution in [0.15, 0.2) is 45.0 Å². The highest BCUT2D eigenvalue weighted by Crippen LogP contribution is 2.27. The molecule has 3 aromatic rings. The van der Waals surface area contributed by atoms with Crippen molar-refractivity contribution in [2.24, 2.45) is 4.40 Å². The Hall–Kier alpha value is -1.19. The average molecular weight is 403 g/mol. The molecular formula is C15H15ClN2O3S3. The summed E-state index contributed by atoms with van der Waals surface area (Å²) in [5, 5.41) is 0. The van der Waals surface area contributed by atoms with E-state index in [1.807, 2.05) is 35.8 Å². The van der Waals surface area contributed by atoms with Crippen LogP contribution in [0.5, 0.6) is 0 Å². The highest BCUT2D eigenvalue weighted by Gasteiger charge is 2.17. The minimum Gasteiger partial charge on any atom is -0.380 e. The zero-order valence-corrected chi connectivity index (χ0v) is 16.0. The molecule has 0 radical (unpaired) electrons. The van der Waals surface area contributed by atoms with Crippen LogP contribution in [0.1, 0.15) is 6.92 Å². The first-order valence-electron chi connectivity index (χ1n) is 7.24. The van der Waals surface area contributed by atoms with Crippen molar-refractivity contribution in [1.29, 1.82) is 0 Å². The van der Waals surface area contributed by atoms with Gasteiger partial charge < -0.3 is 9.30 Å². The number of ether oxygens (including phenoxy) is 1. The van der Waals surface area contributed by atoms with Crippen molar-refractivity contribution in [2.45, 2.75) is 17.7 Å². The van der Waals surface area contributed by atoms with E-state index in [0.717, 1.165) is 21.6 Å². The highest BCUT2D eigenvalue weighted by molar-refractivity contribution is 7.92. The first-order chi connectivity index (χ1) is 11.5. The average Bonchev–Trinajstić information content (AvgIpc) is 3.12. The molecule has 0 saturated heterocycles. The summed E-state index contributed by atoms with van der Waals surface area (Å²) >= 11 is 8.19. The molecule has 1 aromatic carbocycles. The summed E-state index contributed by atoms with van der Waals surface area (Å²) in [6.07, 6.45) is 0. The molecule has 128 valence electrons. The van der Waals surface area contributed by atoms with Crippen LogP contribution < -0.4 is 4.80 Å². The molecule has 0 amide bonds. The van der Waals surface area contributed by atoms with Crippen LogP contribution in [0.3, 0.4) is 0 Å². The largest absolute Gasteiger partial charge is 0.380 e. The third kappa shape index (κ3) is 3.73. The fraction of sp³-hybridized carbons (Fsp3) is 0.267. The van der Waals surface area contributed by atoms with Gasteiger partial charge >= 0.3 is 0 Å². The Morgan fingerprint density at radius 2 is 2.00 bits per heavy atom. The number of aromatic nitrogens is 1. The standard InChI is InChI=1S/C15H15ClN2O3S3/c1-2-21-10-9-18-11-5-3-4-6-12(11)22-15(18)17-24(19,20)14-8-7-13(16)23-14/h3-8H,2,9-10H2,1H3. The van der Waals surface area contributed by atoms with Crippen molar-refractivity contribution in [3.05, 3.63) is 45.5 Å². The Labute approximate surface area is 152 Å². The van der Waals surface area contributed by atoms with E-state index < -0.39 is 10.0 Å².